The van der Waals surface area contributed by atoms with Crippen molar-refractivity contribution in [3.05, 3.63) is 18.2 Å². The molecule has 0 unspecified atom stereocenters. The summed E-state index contributed by atoms with van der Waals surface area (Å²) in [4.78, 5) is 10.4. The average molecular weight is 208 g/mol. The fraction of sp³-hybridized carbons (Fsp3) is 0.636. The van der Waals surface area contributed by atoms with Gasteiger partial charge in [-0.25, -0.2) is 4.98 Å². The summed E-state index contributed by atoms with van der Waals surface area (Å²) in [6.45, 7) is 6.23. The number of hydrogen-bond donors (Lipinski definition) is 0. The smallest absolute Gasteiger partial charge is 0.105 e. The van der Waals surface area contributed by atoms with Crippen LogP contribution >= 0.6 is 0 Å². The fourth-order valence-electron chi connectivity index (χ4n) is 1.27. The molecule has 0 spiro atoms. The maximum absolute atomic E-state index is 4.25. The molecule has 0 amide bonds. The van der Waals surface area contributed by atoms with Crippen LogP contribution in [0.25, 0.3) is 0 Å². The predicted octanol–water partition coefficient (Wildman–Crippen LogP) is 1.47. The van der Waals surface area contributed by atoms with Gasteiger partial charge in [0.25, 0.3) is 0 Å². The summed E-state index contributed by atoms with van der Waals surface area (Å²) in [5.74, 6) is 2.23. The highest BCUT2D eigenvalue weighted by Gasteiger charge is 2.03. The Morgan fingerprint density at radius 1 is 1.27 bits per heavy atom. The van der Waals surface area contributed by atoms with E-state index in [1.54, 1.807) is 6.20 Å². The van der Waals surface area contributed by atoms with Crippen molar-refractivity contribution >= 4 is 5.84 Å². The van der Waals surface area contributed by atoms with Crippen molar-refractivity contribution in [1.82, 2.24) is 14.5 Å². The molecule has 1 aliphatic heterocycles. The van der Waals surface area contributed by atoms with Gasteiger partial charge in [-0.05, 0) is 20.3 Å². The van der Waals surface area contributed by atoms with Gasteiger partial charge in [0.1, 0.15) is 5.82 Å². The van der Waals surface area contributed by atoms with Crippen LogP contribution in [0.1, 0.15) is 19.2 Å². The van der Waals surface area contributed by atoms with Gasteiger partial charge in [0.15, 0.2) is 0 Å². The van der Waals surface area contributed by atoms with Crippen LogP contribution in [0.4, 0.5) is 0 Å². The lowest BCUT2D eigenvalue weighted by Crippen LogP contribution is -2.29. The lowest BCUT2D eigenvalue weighted by atomic mass is 10.3. The van der Waals surface area contributed by atoms with Gasteiger partial charge in [-0.15, -0.1) is 0 Å². The van der Waals surface area contributed by atoms with E-state index >= 15 is 0 Å². The van der Waals surface area contributed by atoms with Crippen LogP contribution in [0, 0.1) is 6.92 Å². The molecule has 4 heteroatoms. The summed E-state index contributed by atoms with van der Waals surface area (Å²) in [7, 11) is 4.06. The van der Waals surface area contributed by atoms with Crippen molar-refractivity contribution in [2.75, 3.05) is 20.1 Å². The quantitative estimate of drug-likeness (QED) is 0.647. The third kappa shape index (κ3) is 3.73. The minimum absolute atomic E-state index is 1.02. The van der Waals surface area contributed by atoms with E-state index in [4.69, 9.17) is 0 Å². The van der Waals surface area contributed by atoms with Gasteiger partial charge in [0.05, 0.1) is 5.84 Å². The van der Waals surface area contributed by atoms with Crippen molar-refractivity contribution in [2.24, 2.45) is 12.0 Å². The van der Waals surface area contributed by atoms with Crippen molar-refractivity contribution in [3.8, 4) is 0 Å². The Hall–Kier alpha value is -1.32. The summed E-state index contributed by atoms with van der Waals surface area (Å²) < 4.78 is 1.97. The highest BCUT2D eigenvalue weighted by molar-refractivity contribution is 5.79. The van der Waals surface area contributed by atoms with E-state index in [0.29, 0.717) is 0 Å². The van der Waals surface area contributed by atoms with Crippen molar-refractivity contribution < 1.29 is 0 Å². The van der Waals surface area contributed by atoms with Crippen LogP contribution in [-0.2, 0) is 7.05 Å². The van der Waals surface area contributed by atoms with Crippen molar-refractivity contribution in [1.29, 1.82) is 0 Å². The van der Waals surface area contributed by atoms with Crippen LogP contribution < -0.4 is 0 Å². The maximum atomic E-state index is 4.25. The topological polar surface area (TPSA) is 33.4 Å². The van der Waals surface area contributed by atoms with E-state index in [0.717, 1.165) is 12.4 Å². The first-order chi connectivity index (χ1) is 7.11. The van der Waals surface area contributed by atoms with Crippen LogP contribution in [0.3, 0.4) is 0 Å². The molecule has 0 fully saturated rings. The molecular weight excluding hydrogens is 188 g/mol. The molecule has 0 bridgehead atoms. The van der Waals surface area contributed by atoms with Crippen LogP contribution in [0.2, 0.25) is 0 Å². The third-order valence-corrected chi connectivity index (χ3v) is 2.61. The van der Waals surface area contributed by atoms with E-state index in [2.05, 4.69) is 28.8 Å². The molecule has 0 saturated carbocycles. The number of nitrogens with zero attached hydrogens (tertiary/aromatic N) is 4. The summed E-state index contributed by atoms with van der Waals surface area (Å²) in [6, 6.07) is 0. The normalized spacial score (nSPS) is 15.5. The molecule has 1 aromatic rings. The molecule has 2 heterocycles. The number of aliphatic imine (C=N–C) groups is 1. The van der Waals surface area contributed by atoms with Crippen LogP contribution in [0.5, 0.6) is 0 Å². The standard InChI is InChI=1S/C6H12N2.C5H8N2/c1-6-7-4-3-5-8(6)2;1-5-6-3-4-7(5)2/h3-5H2,1-2H3;3-4H,1-2H3. The molecule has 4 nitrogen and oxygen atoms in total. The Bertz CT molecular complexity index is 311. The maximum Gasteiger partial charge on any atom is 0.105 e. The SMILES string of the molecule is CC1=NCCCN1C.Cc1nccn1C. The number of imidazole rings is 1. The number of aromatic nitrogens is 2. The van der Waals surface area contributed by atoms with Gasteiger partial charge >= 0.3 is 0 Å². The molecule has 0 atom stereocenters. The summed E-state index contributed by atoms with van der Waals surface area (Å²) in [5, 5.41) is 0. The average Bonchev–Trinajstić information content (AvgIpc) is 2.57. The summed E-state index contributed by atoms with van der Waals surface area (Å²) in [6.07, 6.45) is 4.93. The minimum atomic E-state index is 1.02. The largest absolute Gasteiger partial charge is 0.364 e. The van der Waals surface area contributed by atoms with Gasteiger partial charge in [-0.1, -0.05) is 0 Å². The Morgan fingerprint density at radius 3 is 2.27 bits per heavy atom. The van der Waals surface area contributed by atoms with Gasteiger partial charge < -0.3 is 9.47 Å². The lowest BCUT2D eigenvalue weighted by molar-refractivity contribution is 0.464. The van der Waals surface area contributed by atoms with E-state index in [1.807, 2.05) is 24.7 Å². The molecule has 1 aromatic heterocycles. The molecule has 15 heavy (non-hydrogen) atoms. The van der Waals surface area contributed by atoms with Gasteiger partial charge in [0.2, 0.25) is 0 Å². The van der Waals surface area contributed by atoms with E-state index in [-0.39, 0.29) is 0 Å². The van der Waals surface area contributed by atoms with Crippen molar-refractivity contribution in [2.45, 2.75) is 20.3 Å². The second kappa shape index (κ2) is 5.53. The fourth-order valence-corrected chi connectivity index (χ4v) is 1.27. The molecule has 0 radical (unpaired) electrons. The van der Waals surface area contributed by atoms with Crippen molar-refractivity contribution in [3.63, 3.8) is 0 Å². The van der Waals surface area contributed by atoms with E-state index in [9.17, 15) is 0 Å². The Balaban J connectivity index is 0.000000151. The first-order valence-corrected chi connectivity index (χ1v) is 5.27. The zero-order chi connectivity index (χ0) is 11.3. The molecule has 2 rings (SSSR count). The second-order valence-electron chi connectivity index (χ2n) is 3.79. The monoisotopic (exact) mass is 208 g/mol. The zero-order valence-electron chi connectivity index (χ0n) is 10.1. The van der Waals surface area contributed by atoms with Gasteiger partial charge in [0, 0.05) is 39.6 Å². The van der Waals surface area contributed by atoms with E-state index < -0.39 is 0 Å². The summed E-state index contributed by atoms with van der Waals surface area (Å²) >= 11 is 0. The number of hydrogen-bond acceptors (Lipinski definition) is 3. The Labute approximate surface area is 91.6 Å². The number of aryl methyl sites for hydroxylation is 2. The van der Waals surface area contributed by atoms with Gasteiger partial charge in [-0.2, -0.15) is 0 Å². The molecule has 1 aliphatic rings. The predicted molar refractivity (Wildman–Crippen MR) is 63.2 cm³/mol. The Morgan fingerprint density at radius 2 is 2.00 bits per heavy atom. The number of amidine groups is 1. The number of rotatable bonds is 0. The Kier molecular flexibility index (Phi) is 4.34. The van der Waals surface area contributed by atoms with Crippen LogP contribution in [0.15, 0.2) is 17.4 Å². The summed E-state index contributed by atoms with van der Waals surface area (Å²) in [5.41, 5.74) is 0. The van der Waals surface area contributed by atoms with E-state index in [1.165, 1.54) is 18.8 Å². The molecule has 84 valence electrons. The first kappa shape index (κ1) is 11.8. The zero-order valence-corrected chi connectivity index (χ0v) is 10.1. The molecule has 0 aliphatic carbocycles. The molecule has 0 aromatic carbocycles. The van der Waals surface area contributed by atoms with Gasteiger partial charge in [-0.3, -0.25) is 4.99 Å². The third-order valence-electron chi connectivity index (χ3n) is 2.61. The lowest BCUT2D eigenvalue weighted by Gasteiger charge is -2.21. The second-order valence-corrected chi connectivity index (χ2v) is 3.79. The highest BCUT2D eigenvalue weighted by Crippen LogP contribution is 1.97. The minimum Gasteiger partial charge on any atom is -0.364 e. The molecular formula is C11H20N4. The molecule has 0 saturated heterocycles. The van der Waals surface area contributed by atoms with Crippen LogP contribution in [-0.4, -0.2) is 40.4 Å². The highest BCUT2D eigenvalue weighted by atomic mass is 15.2. The molecule has 0 N–H and O–H groups in total. The first-order valence-electron chi connectivity index (χ1n) is 5.27.